The summed E-state index contributed by atoms with van der Waals surface area (Å²) in [6, 6.07) is 0.108. The van der Waals surface area contributed by atoms with Gasteiger partial charge < -0.3 is 20.7 Å². The molecule has 2 atom stereocenters. The molecule has 3 N–H and O–H groups in total. The van der Waals surface area contributed by atoms with Crippen molar-refractivity contribution >= 4 is 5.91 Å². The van der Waals surface area contributed by atoms with E-state index in [2.05, 4.69) is 17.3 Å². The maximum atomic E-state index is 12.2. The Balaban J connectivity index is 1.88. The van der Waals surface area contributed by atoms with Crippen LogP contribution in [-0.4, -0.2) is 56.2 Å². The second-order valence-electron chi connectivity index (χ2n) is 5.59. The summed E-state index contributed by atoms with van der Waals surface area (Å²) in [5.74, 6) is 0.0528. The lowest BCUT2D eigenvalue weighted by molar-refractivity contribution is -0.131. The van der Waals surface area contributed by atoms with Crippen LogP contribution in [0.15, 0.2) is 0 Å². The lowest BCUT2D eigenvalue weighted by Gasteiger charge is -2.33. The second-order valence-corrected chi connectivity index (χ2v) is 5.59. The van der Waals surface area contributed by atoms with Crippen LogP contribution < -0.4 is 11.1 Å². The third-order valence-electron chi connectivity index (χ3n) is 4.09. The van der Waals surface area contributed by atoms with Crippen molar-refractivity contribution in [2.75, 3.05) is 33.4 Å². The molecule has 0 aromatic rings. The van der Waals surface area contributed by atoms with E-state index in [1.165, 1.54) is 0 Å². The number of hydrogen-bond acceptors (Lipinski definition) is 4. The zero-order chi connectivity index (χ0) is 12.5. The first kappa shape index (κ1) is 12.8. The van der Waals surface area contributed by atoms with E-state index in [0.717, 1.165) is 25.9 Å². The van der Waals surface area contributed by atoms with Gasteiger partial charge in [-0.2, -0.15) is 0 Å². The Morgan fingerprint density at radius 1 is 1.47 bits per heavy atom. The molecule has 2 heterocycles. The van der Waals surface area contributed by atoms with E-state index in [1.807, 2.05) is 6.92 Å². The Kier molecular flexibility index (Phi) is 3.70. The largest absolute Gasteiger partial charge is 0.379 e. The minimum atomic E-state index is -0.552. The molecule has 0 saturated carbocycles. The molecule has 2 unspecified atom stereocenters. The second kappa shape index (κ2) is 4.92. The van der Waals surface area contributed by atoms with Crippen molar-refractivity contribution in [3.63, 3.8) is 0 Å². The maximum absolute atomic E-state index is 12.2. The summed E-state index contributed by atoms with van der Waals surface area (Å²) in [4.78, 5) is 14.5. The van der Waals surface area contributed by atoms with Gasteiger partial charge in [0.1, 0.15) is 0 Å². The molecule has 5 heteroatoms. The van der Waals surface area contributed by atoms with E-state index in [9.17, 15) is 4.79 Å². The zero-order valence-corrected chi connectivity index (χ0v) is 10.7. The Labute approximate surface area is 103 Å². The lowest BCUT2D eigenvalue weighted by atomic mass is 9.84. The van der Waals surface area contributed by atoms with Crippen molar-refractivity contribution < 1.29 is 9.53 Å². The van der Waals surface area contributed by atoms with Crippen LogP contribution >= 0.6 is 0 Å². The average molecular weight is 241 g/mol. The van der Waals surface area contributed by atoms with Gasteiger partial charge in [-0.15, -0.1) is 0 Å². The van der Waals surface area contributed by atoms with Crippen LogP contribution in [0.3, 0.4) is 0 Å². The number of rotatable bonds is 2. The number of hydrogen-bond donors (Lipinski definition) is 2. The van der Waals surface area contributed by atoms with Gasteiger partial charge in [0.15, 0.2) is 0 Å². The Morgan fingerprint density at radius 2 is 2.12 bits per heavy atom. The number of likely N-dealkylation sites (tertiary alicyclic amines) is 1. The Hall–Kier alpha value is -0.650. The smallest absolute Gasteiger partial charge is 0.230 e. The van der Waals surface area contributed by atoms with Crippen molar-refractivity contribution in [2.45, 2.75) is 31.8 Å². The molecule has 0 aromatic carbocycles. The molecular weight excluding hydrogens is 218 g/mol. The van der Waals surface area contributed by atoms with Gasteiger partial charge in [-0.05, 0) is 39.9 Å². The molecule has 1 amide bonds. The summed E-state index contributed by atoms with van der Waals surface area (Å²) in [7, 11) is 2.11. The molecule has 17 heavy (non-hydrogen) atoms. The third-order valence-corrected chi connectivity index (χ3v) is 4.09. The number of nitrogens with two attached hydrogens (primary N) is 1. The van der Waals surface area contributed by atoms with E-state index >= 15 is 0 Å². The van der Waals surface area contributed by atoms with Gasteiger partial charge in [-0.25, -0.2) is 0 Å². The first-order chi connectivity index (χ1) is 8.02. The molecular formula is C12H23N3O2. The number of ether oxygens (including phenoxy) is 1. The first-order valence-electron chi connectivity index (χ1n) is 6.35. The van der Waals surface area contributed by atoms with E-state index in [-0.39, 0.29) is 11.9 Å². The summed E-state index contributed by atoms with van der Waals surface area (Å²) >= 11 is 0. The van der Waals surface area contributed by atoms with Crippen LogP contribution in [0.4, 0.5) is 0 Å². The van der Waals surface area contributed by atoms with E-state index in [4.69, 9.17) is 10.5 Å². The standard InChI is InChI=1S/C12H23N3O2/c1-12(8-17-7-10(12)13)11(16)14-9-3-5-15(2)6-4-9/h9-10H,3-8,13H2,1-2H3,(H,14,16). The maximum Gasteiger partial charge on any atom is 0.230 e. The van der Waals surface area contributed by atoms with Gasteiger partial charge in [0.05, 0.1) is 18.6 Å². The van der Waals surface area contributed by atoms with Crippen molar-refractivity contribution in [2.24, 2.45) is 11.1 Å². The van der Waals surface area contributed by atoms with Crippen molar-refractivity contribution in [3.05, 3.63) is 0 Å². The van der Waals surface area contributed by atoms with Gasteiger partial charge in [0.2, 0.25) is 5.91 Å². The average Bonchev–Trinajstić information content (AvgIpc) is 2.64. The molecule has 0 aliphatic carbocycles. The minimum absolute atomic E-state index is 0.0528. The molecule has 0 aromatic heterocycles. The highest BCUT2D eigenvalue weighted by Gasteiger charge is 2.44. The van der Waals surface area contributed by atoms with Crippen LogP contribution in [0.5, 0.6) is 0 Å². The summed E-state index contributed by atoms with van der Waals surface area (Å²) < 4.78 is 5.31. The molecule has 0 spiro atoms. The monoisotopic (exact) mass is 241 g/mol. The Morgan fingerprint density at radius 3 is 2.65 bits per heavy atom. The first-order valence-corrected chi connectivity index (χ1v) is 6.35. The van der Waals surface area contributed by atoms with Crippen LogP contribution in [0.1, 0.15) is 19.8 Å². The minimum Gasteiger partial charge on any atom is -0.379 e. The SMILES string of the molecule is CN1CCC(NC(=O)C2(C)COCC2N)CC1. The molecule has 2 fully saturated rings. The predicted octanol–water partition coefficient (Wildman–Crippen LogP) is -0.439. The van der Waals surface area contributed by atoms with Crippen LogP contribution in [0.25, 0.3) is 0 Å². The number of carbonyl (C=O) groups excluding carboxylic acids is 1. The molecule has 0 bridgehead atoms. The molecule has 5 nitrogen and oxygen atoms in total. The number of nitrogens with zero attached hydrogens (tertiary/aromatic N) is 1. The van der Waals surface area contributed by atoms with Gasteiger partial charge >= 0.3 is 0 Å². The number of nitrogens with one attached hydrogen (secondary N) is 1. The molecule has 2 saturated heterocycles. The fraction of sp³-hybridized carbons (Fsp3) is 0.917. The fourth-order valence-electron chi connectivity index (χ4n) is 2.43. The highest BCUT2D eigenvalue weighted by atomic mass is 16.5. The summed E-state index contributed by atoms with van der Waals surface area (Å²) in [6.07, 6.45) is 2.04. The highest BCUT2D eigenvalue weighted by Crippen LogP contribution is 2.27. The normalized spacial score (nSPS) is 36.1. The molecule has 2 rings (SSSR count). The zero-order valence-electron chi connectivity index (χ0n) is 10.7. The van der Waals surface area contributed by atoms with Gasteiger partial charge in [-0.3, -0.25) is 4.79 Å². The van der Waals surface area contributed by atoms with Crippen molar-refractivity contribution in [3.8, 4) is 0 Å². The van der Waals surface area contributed by atoms with Crippen LogP contribution in [0.2, 0.25) is 0 Å². The van der Waals surface area contributed by atoms with Gasteiger partial charge in [-0.1, -0.05) is 0 Å². The number of amides is 1. The molecule has 2 aliphatic rings. The fourth-order valence-corrected chi connectivity index (χ4v) is 2.43. The summed E-state index contributed by atoms with van der Waals surface area (Å²) in [5, 5.41) is 3.13. The molecule has 98 valence electrons. The number of carbonyl (C=O) groups is 1. The third kappa shape index (κ3) is 2.61. The quantitative estimate of drug-likeness (QED) is 0.688. The van der Waals surface area contributed by atoms with E-state index in [1.54, 1.807) is 0 Å². The van der Waals surface area contributed by atoms with Crippen LogP contribution in [0, 0.1) is 5.41 Å². The van der Waals surface area contributed by atoms with Crippen molar-refractivity contribution in [1.29, 1.82) is 0 Å². The van der Waals surface area contributed by atoms with Crippen molar-refractivity contribution in [1.82, 2.24) is 10.2 Å². The van der Waals surface area contributed by atoms with Gasteiger partial charge in [0.25, 0.3) is 0 Å². The lowest BCUT2D eigenvalue weighted by Crippen LogP contribution is -2.54. The summed E-state index contributed by atoms with van der Waals surface area (Å²) in [5.41, 5.74) is 5.40. The van der Waals surface area contributed by atoms with E-state index < -0.39 is 5.41 Å². The Bertz CT molecular complexity index is 289. The highest BCUT2D eigenvalue weighted by molar-refractivity contribution is 5.83. The number of piperidine rings is 1. The topological polar surface area (TPSA) is 67.6 Å². The summed E-state index contributed by atoms with van der Waals surface area (Å²) in [6.45, 7) is 4.91. The predicted molar refractivity (Wildman–Crippen MR) is 65.6 cm³/mol. The molecule has 0 radical (unpaired) electrons. The van der Waals surface area contributed by atoms with Gasteiger partial charge in [0, 0.05) is 12.1 Å². The van der Waals surface area contributed by atoms with E-state index in [0.29, 0.717) is 19.3 Å². The van der Waals surface area contributed by atoms with Crippen LogP contribution in [-0.2, 0) is 9.53 Å². The molecule has 2 aliphatic heterocycles.